The van der Waals surface area contributed by atoms with Crippen molar-refractivity contribution in [1.29, 1.82) is 0 Å². The van der Waals surface area contributed by atoms with Gasteiger partial charge in [-0.1, -0.05) is 0 Å². The van der Waals surface area contributed by atoms with Crippen LogP contribution < -0.4 is 4.90 Å². The Morgan fingerprint density at radius 1 is 1.72 bits per heavy atom. The van der Waals surface area contributed by atoms with Gasteiger partial charge in [0.05, 0.1) is 7.11 Å². The van der Waals surface area contributed by atoms with Gasteiger partial charge in [0, 0.05) is 25.5 Å². The van der Waals surface area contributed by atoms with Crippen LogP contribution in [0.2, 0.25) is 0 Å². The van der Waals surface area contributed by atoms with Gasteiger partial charge in [0.2, 0.25) is 0 Å². The monoisotopic (exact) mass is 269 g/mol. The smallest absolute Gasteiger partial charge is 0.357 e. The Morgan fingerprint density at radius 2 is 2.50 bits per heavy atom. The molecule has 0 amide bonds. The quantitative estimate of drug-likeness (QED) is 0.771. The van der Waals surface area contributed by atoms with E-state index in [0.29, 0.717) is 11.6 Å². The highest BCUT2D eigenvalue weighted by Crippen LogP contribution is 2.23. The second kappa shape index (κ2) is 5.67. The molecular weight excluding hydrogens is 250 g/mol. The summed E-state index contributed by atoms with van der Waals surface area (Å²) in [6.07, 6.45) is 1.23. The van der Waals surface area contributed by atoms with Crippen molar-refractivity contribution in [2.75, 3.05) is 45.7 Å². The van der Waals surface area contributed by atoms with Gasteiger partial charge >= 0.3 is 5.97 Å². The summed E-state index contributed by atoms with van der Waals surface area (Å²) in [5, 5.41) is 2.63. The number of carbonyl (C=O) groups excluding carboxylic acids is 1. The molecule has 1 fully saturated rings. The molecule has 1 unspecified atom stereocenters. The summed E-state index contributed by atoms with van der Waals surface area (Å²) < 4.78 is 4.66. The fourth-order valence-corrected chi connectivity index (χ4v) is 3.05. The van der Waals surface area contributed by atoms with Crippen molar-refractivity contribution in [2.45, 2.75) is 6.42 Å². The number of ether oxygens (including phenoxy) is 1. The number of anilines is 1. The minimum Gasteiger partial charge on any atom is -0.464 e. The zero-order chi connectivity index (χ0) is 13.1. The molecule has 5 nitrogen and oxygen atoms in total. The molecular formula is C12H19N3O2S. The zero-order valence-electron chi connectivity index (χ0n) is 11.0. The van der Waals surface area contributed by atoms with Crippen LogP contribution >= 0.6 is 11.3 Å². The molecule has 18 heavy (non-hydrogen) atoms. The molecule has 1 aromatic rings. The summed E-state index contributed by atoms with van der Waals surface area (Å²) in [6, 6.07) is 0. The van der Waals surface area contributed by atoms with Gasteiger partial charge in [0.1, 0.15) is 0 Å². The number of carbonyl (C=O) groups is 1. The van der Waals surface area contributed by atoms with E-state index >= 15 is 0 Å². The van der Waals surface area contributed by atoms with Gasteiger partial charge in [-0.2, -0.15) is 0 Å². The topological polar surface area (TPSA) is 45.7 Å². The lowest BCUT2D eigenvalue weighted by Crippen LogP contribution is -2.27. The maximum absolute atomic E-state index is 11.3. The predicted octanol–water partition coefficient (Wildman–Crippen LogP) is 1.32. The average molecular weight is 269 g/mol. The van der Waals surface area contributed by atoms with Crippen LogP contribution in [0.15, 0.2) is 5.38 Å². The molecule has 100 valence electrons. The standard InChI is InChI=1S/C12H19N3O2S/c1-14-5-4-9(6-14)7-15(2)12-13-10(8-18-12)11(16)17-3/h8-9H,4-7H2,1-3H3. The molecule has 0 aliphatic carbocycles. The molecule has 2 rings (SSSR count). The molecule has 0 aromatic carbocycles. The van der Waals surface area contributed by atoms with E-state index in [1.165, 1.54) is 31.4 Å². The van der Waals surface area contributed by atoms with Gasteiger partial charge in [0.15, 0.2) is 10.8 Å². The Hall–Kier alpha value is -1.14. The Bertz CT molecular complexity index is 421. The summed E-state index contributed by atoms with van der Waals surface area (Å²) >= 11 is 1.49. The van der Waals surface area contributed by atoms with E-state index in [1.54, 1.807) is 5.38 Å². The van der Waals surface area contributed by atoms with E-state index in [4.69, 9.17) is 0 Å². The summed E-state index contributed by atoms with van der Waals surface area (Å²) in [6.45, 7) is 3.29. The number of esters is 1. The first-order valence-electron chi connectivity index (χ1n) is 6.03. The van der Waals surface area contributed by atoms with Crippen molar-refractivity contribution < 1.29 is 9.53 Å². The first kappa shape index (κ1) is 13.3. The first-order chi connectivity index (χ1) is 8.60. The van der Waals surface area contributed by atoms with Gasteiger partial charge in [-0.05, 0) is 25.9 Å². The SMILES string of the molecule is COC(=O)c1csc(N(C)CC2CCN(C)C2)n1. The van der Waals surface area contributed by atoms with Gasteiger partial charge in [-0.3, -0.25) is 0 Å². The van der Waals surface area contributed by atoms with Crippen molar-refractivity contribution in [3.05, 3.63) is 11.1 Å². The number of rotatable bonds is 4. The molecule has 0 spiro atoms. The van der Waals surface area contributed by atoms with E-state index in [9.17, 15) is 4.79 Å². The van der Waals surface area contributed by atoms with Crippen LogP contribution in [0.5, 0.6) is 0 Å². The lowest BCUT2D eigenvalue weighted by Gasteiger charge is -2.20. The summed E-state index contributed by atoms with van der Waals surface area (Å²) in [5.41, 5.74) is 0.396. The molecule has 0 bridgehead atoms. The number of likely N-dealkylation sites (tertiary alicyclic amines) is 1. The molecule has 0 saturated carbocycles. The molecule has 6 heteroatoms. The molecule has 1 saturated heterocycles. The predicted molar refractivity (Wildman–Crippen MR) is 72.3 cm³/mol. The fraction of sp³-hybridized carbons (Fsp3) is 0.667. The number of thiazole rings is 1. The minimum absolute atomic E-state index is 0.369. The lowest BCUT2D eigenvalue weighted by atomic mass is 10.1. The van der Waals surface area contributed by atoms with Crippen LogP contribution in [0, 0.1) is 5.92 Å². The third-order valence-corrected chi connectivity index (χ3v) is 4.19. The van der Waals surface area contributed by atoms with Crippen molar-refractivity contribution in [2.24, 2.45) is 5.92 Å². The summed E-state index contributed by atoms with van der Waals surface area (Å²) in [4.78, 5) is 20.1. The number of methoxy groups -OCH3 is 1. The zero-order valence-corrected chi connectivity index (χ0v) is 11.9. The third kappa shape index (κ3) is 3.00. The molecule has 2 heterocycles. The minimum atomic E-state index is -0.369. The Labute approximate surface area is 111 Å². The molecule has 1 aromatic heterocycles. The van der Waals surface area contributed by atoms with Gasteiger partial charge in [-0.25, -0.2) is 9.78 Å². The maximum Gasteiger partial charge on any atom is 0.357 e. The van der Waals surface area contributed by atoms with E-state index in [-0.39, 0.29) is 5.97 Å². The fourth-order valence-electron chi connectivity index (χ4n) is 2.28. The third-order valence-electron chi connectivity index (χ3n) is 3.23. The van der Waals surface area contributed by atoms with Crippen molar-refractivity contribution >= 4 is 22.4 Å². The Morgan fingerprint density at radius 3 is 3.11 bits per heavy atom. The average Bonchev–Trinajstić information content (AvgIpc) is 2.97. The molecule has 1 aliphatic heterocycles. The molecule has 0 N–H and O–H groups in total. The van der Waals surface area contributed by atoms with Crippen LogP contribution in [0.1, 0.15) is 16.9 Å². The van der Waals surface area contributed by atoms with Crippen molar-refractivity contribution in [3.8, 4) is 0 Å². The summed E-state index contributed by atoms with van der Waals surface area (Å²) in [7, 11) is 5.55. The molecule has 1 atom stereocenters. The number of hydrogen-bond donors (Lipinski definition) is 0. The summed E-state index contributed by atoms with van der Waals surface area (Å²) in [5.74, 6) is 0.317. The van der Waals surface area contributed by atoms with Crippen molar-refractivity contribution in [3.63, 3.8) is 0 Å². The number of aromatic nitrogens is 1. The highest BCUT2D eigenvalue weighted by molar-refractivity contribution is 7.13. The van der Waals surface area contributed by atoms with E-state index in [2.05, 4.69) is 26.6 Å². The molecule has 0 radical (unpaired) electrons. The first-order valence-corrected chi connectivity index (χ1v) is 6.91. The Kier molecular flexibility index (Phi) is 4.19. The van der Waals surface area contributed by atoms with Gasteiger partial charge in [-0.15, -0.1) is 11.3 Å². The number of nitrogens with zero attached hydrogens (tertiary/aromatic N) is 3. The van der Waals surface area contributed by atoms with Crippen LogP contribution in [0.25, 0.3) is 0 Å². The normalized spacial score (nSPS) is 20.1. The van der Waals surface area contributed by atoms with Crippen LogP contribution in [0.4, 0.5) is 5.13 Å². The second-order valence-electron chi connectivity index (χ2n) is 4.80. The van der Waals surface area contributed by atoms with E-state index in [1.807, 2.05) is 7.05 Å². The van der Waals surface area contributed by atoms with Gasteiger partial charge in [0.25, 0.3) is 0 Å². The highest BCUT2D eigenvalue weighted by atomic mass is 32.1. The molecule has 1 aliphatic rings. The highest BCUT2D eigenvalue weighted by Gasteiger charge is 2.22. The van der Waals surface area contributed by atoms with E-state index in [0.717, 1.165) is 18.2 Å². The van der Waals surface area contributed by atoms with Gasteiger partial charge < -0.3 is 14.5 Å². The van der Waals surface area contributed by atoms with Crippen LogP contribution in [-0.2, 0) is 4.74 Å². The maximum atomic E-state index is 11.3. The Balaban J connectivity index is 1.94. The van der Waals surface area contributed by atoms with E-state index < -0.39 is 0 Å². The lowest BCUT2D eigenvalue weighted by molar-refractivity contribution is 0.0595. The number of hydrogen-bond acceptors (Lipinski definition) is 6. The van der Waals surface area contributed by atoms with Crippen LogP contribution in [0.3, 0.4) is 0 Å². The second-order valence-corrected chi connectivity index (χ2v) is 5.64. The van der Waals surface area contributed by atoms with Crippen molar-refractivity contribution in [1.82, 2.24) is 9.88 Å². The van der Waals surface area contributed by atoms with Crippen LogP contribution in [-0.4, -0.2) is 56.7 Å². The largest absolute Gasteiger partial charge is 0.464 e.